The molecule has 2 aromatic rings. The Morgan fingerprint density at radius 3 is 2.85 bits per heavy atom. The molecule has 0 fully saturated rings. The Morgan fingerprint density at radius 2 is 2.15 bits per heavy atom. The fraction of sp³-hybridized carbons (Fsp3) is 0.357. The number of aromatic nitrogens is 2. The summed E-state index contributed by atoms with van der Waals surface area (Å²) in [7, 11) is 0. The van der Waals surface area contributed by atoms with Crippen molar-refractivity contribution in [2.24, 2.45) is 0 Å². The largest absolute Gasteiger partial charge is 0.481 e. The van der Waals surface area contributed by atoms with Gasteiger partial charge in [0.25, 0.3) is 0 Å². The third-order valence-electron chi connectivity index (χ3n) is 2.80. The van der Waals surface area contributed by atoms with Crippen molar-refractivity contribution in [3.63, 3.8) is 0 Å². The number of halogens is 1. The Kier molecular flexibility index (Phi) is 4.45. The predicted octanol–water partition coefficient (Wildman–Crippen LogP) is 2.98. The van der Waals surface area contributed by atoms with Crippen LogP contribution in [0.2, 0.25) is 0 Å². The smallest absolute Gasteiger partial charge is 0.303 e. The van der Waals surface area contributed by atoms with Crippen molar-refractivity contribution in [1.29, 1.82) is 0 Å². The van der Waals surface area contributed by atoms with Gasteiger partial charge in [0, 0.05) is 18.4 Å². The van der Waals surface area contributed by atoms with Crippen molar-refractivity contribution >= 4 is 5.97 Å². The lowest BCUT2D eigenvalue weighted by atomic mass is 10.1. The zero-order valence-electron chi connectivity index (χ0n) is 11.1. The molecule has 0 bridgehead atoms. The number of aliphatic carboxylic acids is 1. The van der Waals surface area contributed by atoms with E-state index < -0.39 is 5.97 Å². The molecule has 0 saturated heterocycles. The quantitative estimate of drug-likeness (QED) is 0.822. The molecule has 0 unspecified atom stereocenters. The van der Waals surface area contributed by atoms with Gasteiger partial charge in [-0.25, -0.2) is 4.39 Å². The number of carbonyl (C=O) groups is 1. The summed E-state index contributed by atoms with van der Waals surface area (Å²) in [4.78, 5) is 14.6. The first kappa shape index (κ1) is 14.2. The van der Waals surface area contributed by atoms with Crippen LogP contribution in [0.5, 0.6) is 0 Å². The molecule has 1 aromatic carbocycles. The van der Waals surface area contributed by atoms with E-state index in [9.17, 15) is 9.18 Å². The third-order valence-corrected chi connectivity index (χ3v) is 2.80. The average molecular weight is 278 g/mol. The van der Waals surface area contributed by atoms with E-state index in [2.05, 4.69) is 10.1 Å². The topological polar surface area (TPSA) is 76.2 Å². The molecule has 1 N–H and O–H groups in total. The average Bonchev–Trinajstić information content (AvgIpc) is 2.82. The maximum absolute atomic E-state index is 13.3. The molecule has 6 heteroatoms. The molecule has 20 heavy (non-hydrogen) atoms. The van der Waals surface area contributed by atoms with Crippen molar-refractivity contribution in [3.8, 4) is 11.4 Å². The van der Waals surface area contributed by atoms with Crippen molar-refractivity contribution < 1.29 is 18.8 Å². The Labute approximate surface area is 115 Å². The highest BCUT2D eigenvalue weighted by Gasteiger charge is 2.10. The number of aryl methyl sites for hydroxylation is 2. The minimum Gasteiger partial charge on any atom is -0.481 e. The molecule has 1 heterocycles. The van der Waals surface area contributed by atoms with Crippen LogP contribution in [0.15, 0.2) is 22.7 Å². The summed E-state index contributed by atoms with van der Waals surface area (Å²) in [6.07, 6.45) is 1.88. The Bertz CT molecular complexity index is 590. The van der Waals surface area contributed by atoms with Crippen LogP contribution in [-0.2, 0) is 11.2 Å². The highest BCUT2D eigenvalue weighted by molar-refractivity contribution is 5.66. The molecule has 5 nitrogen and oxygen atoms in total. The van der Waals surface area contributed by atoms with Crippen LogP contribution < -0.4 is 0 Å². The van der Waals surface area contributed by atoms with Gasteiger partial charge in [-0.3, -0.25) is 4.79 Å². The molecule has 0 amide bonds. The van der Waals surface area contributed by atoms with Crippen LogP contribution in [0.1, 0.15) is 30.7 Å². The van der Waals surface area contributed by atoms with Gasteiger partial charge in [0.2, 0.25) is 11.7 Å². The number of rotatable bonds is 6. The van der Waals surface area contributed by atoms with Crippen molar-refractivity contribution in [2.75, 3.05) is 0 Å². The zero-order valence-corrected chi connectivity index (χ0v) is 11.1. The molecule has 0 saturated carbocycles. The summed E-state index contributed by atoms with van der Waals surface area (Å²) in [6.45, 7) is 1.79. The lowest BCUT2D eigenvalue weighted by Gasteiger charge is -1.97. The zero-order chi connectivity index (χ0) is 14.5. The van der Waals surface area contributed by atoms with Gasteiger partial charge >= 0.3 is 5.97 Å². The first-order valence-electron chi connectivity index (χ1n) is 6.36. The highest BCUT2D eigenvalue weighted by atomic mass is 19.1. The Hall–Kier alpha value is -2.24. The van der Waals surface area contributed by atoms with Crippen LogP contribution in [0, 0.1) is 12.7 Å². The summed E-state index contributed by atoms with van der Waals surface area (Å²) in [5, 5.41) is 12.3. The minimum atomic E-state index is -0.813. The van der Waals surface area contributed by atoms with E-state index in [0.29, 0.717) is 36.5 Å². The Balaban J connectivity index is 1.99. The maximum atomic E-state index is 13.3. The third kappa shape index (κ3) is 3.88. The second-order valence-corrected chi connectivity index (χ2v) is 4.63. The van der Waals surface area contributed by atoms with Gasteiger partial charge in [0.05, 0.1) is 0 Å². The molecule has 0 aliphatic rings. The van der Waals surface area contributed by atoms with Crippen molar-refractivity contribution in [1.82, 2.24) is 10.1 Å². The number of carboxylic acids is 1. The van der Waals surface area contributed by atoms with Crippen molar-refractivity contribution in [3.05, 3.63) is 35.5 Å². The molecule has 1 aromatic heterocycles. The van der Waals surface area contributed by atoms with Crippen LogP contribution in [0.4, 0.5) is 4.39 Å². The SMILES string of the molecule is Cc1cc(F)cc(-c2noc(CCCCC(=O)O)n2)c1. The molecule has 0 aliphatic carbocycles. The number of nitrogens with zero attached hydrogens (tertiary/aromatic N) is 2. The second kappa shape index (κ2) is 6.27. The van der Waals surface area contributed by atoms with E-state index in [1.807, 2.05) is 0 Å². The van der Waals surface area contributed by atoms with Gasteiger partial charge in [-0.15, -0.1) is 0 Å². The lowest BCUT2D eigenvalue weighted by Crippen LogP contribution is -1.95. The first-order valence-corrected chi connectivity index (χ1v) is 6.36. The van der Waals surface area contributed by atoms with Crippen LogP contribution in [-0.4, -0.2) is 21.2 Å². The number of hydrogen-bond donors (Lipinski definition) is 1. The summed E-state index contributed by atoms with van der Waals surface area (Å²) in [5.74, 6) is -0.368. The standard InChI is InChI=1S/C14H15FN2O3/c1-9-6-10(8-11(15)7-9)14-16-12(20-17-14)4-2-3-5-13(18)19/h6-8H,2-5H2,1H3,(H,18,19). The van der Waals surface area contributed by atoms with Gasteiger partial charge in [-0.1, -0.05) is 5.16 Å². The van der Waals surface area contributed by atoms with E-state index in [0.717, 1.165) is 5.56 Å². The van der Waals surface area contributed by atoms with E-state index in [-0.39, 0.29) is 12.2 Å². The summed E-state index contributed by atoms with van der Waals surface area (Å²) >= 11 is 0. The first-order chi connectivity index (χ1) is 9.54. The fourth-order valence-electron chi connectivity index (χ4n) is 1.89. The fourth-order valence-corrected chi connectivity index (χ4v) is 1.89. The number of carboxylic acid groups (broad SMARTS) is 1. The van der Waals surface area contributed by atoms with Crippen LogP contribution >= 0.6 is 0 Å². The van der Waals surface area contributed by atoms with Gasteiger partial charge in [0.15, 0.2) is 0 Å². The molecule has 2 rings (SSSR count). The Morgan fingerprint density at radius 1 is 1.35 bits per heavy atom. The molecular formula is C14H15FN2O3. The van der Waals surface area contributed by atoms with Gasteiger partial charge < -0.3 is 9.63 Å². The second-order valence-electron chi connectivity index (χ2n) is 4.63. The summed E-state index contributed by atoms with van der Waals surface area (Å²) in [6, 6.07) is 4.56. The summed E-state index contributed by atoms with van der Waals surface area (Å²) in [5.41, 5.74) is 1.36. The number of benzene rings is 1. The van der Waals surface area contributed by atoms with E-state index in [1.54, 1.807) is 13.0 Å². The molecule has 0 spiro atoms. The summed E-state index contributed by atoms with van der Waals surface area (Å²) < 4.78 is 18.4. The molecule has 106 valence electrons. The number of hydrogen-bond acceptors (Lipinski definition) is 4. The van der Waals surface area contributed by atoms with E-state index in [1.165, 1.54) is 12.1 Å². The van der Waals surface area contributed by atoms with Gasteiger partial charge in [-0.05, 0) is 43.5 Å². The van der Waals surface area contributed by atoms with E-state index >= 15 is 0 Å². The predicted molar refractivity (Wildman–Crippen MR) is 69.6 cm³/mol. The van der Waals surface area contributed by atoms with Gasteiger partial charge in [-0.2, -0.15) is 4.98 Å². The monoisotopic (exact) mass is 278 g/mol. The highest BCUT2D eigenvalue weighted by Crippen LogP contribution is 2.19. The molecule has 0 radical (unpaired) electrons. The normalized spacial score (nSPS) is 10.7. The minimum absolute atomic E-state index is 0.129. The molecule has 0 atom stereocenters. The van der Waals surface area contributed by atoms with Gasteiger partial charge in [0.1, 0.15) is 5.82 Å². The van der Waals surface area contributed by atoms with Crippen molar-refractivity contribution in [2.45, 2.75) is 32.6 Å². The molecular weight excluding hydrogens is 263 g/mol. The van der Waals surface area contributed by atoms with E-state index in [4.69, 9.17) is 9.63 Å². The number of unbranched alkanes of at least 4 members (excludes halogenated alkanes) is 1. The molecule has 0 aliphatic heterocycles. The van der Waals surface area contributed by atoms with Crippen LogP contribution in [0.25, 0.3) is 11.4 Å². The lowest BCUT2D eigenvalue weighted by molar-refractivity contribution is -0.137. The maximum Gasteiger partial charge on any atom is 0.303 e. The van der Waals surface area contributed by atoms with Crippen LogP contribution in [0.3, 0.4) is 0 Å².